The van der Waals surface area contributed by atoms with Gasteiger partial charge in [-0.25, -0.2) is 0 Å². The standard InChI is InChI=1S/C24H14Br2S/c25-18-12-17(13-19(26)14-18)15-5-3-6-16(11-15)20-8-4-9-22-21-7-1-2-10-23(21)27-24(20)22/h1-14H. The molecule has 27 heavy (non-hydrogen) atoms. The van der Waals surface area contributed by atoms with E-state index in [1.54, 1.807) is 0 Å². The highest BCUT2D eigenvalue weighted by molar-refractivity contribution is 9.11. The van der Waals surface area contributed by atoms with Crippen molar-refractivity contribution in [3.05, 3.63) is 93.9 Å². The second-order valence-corrected chi connectivity index (χ2v) is 9.40. The number of thiophene rings is 1. The van der Waals surface area contributed by atoms with Crippen LogP contribution in [0.2, 0.25) is 0 Å². The summed E-state index contributed by atoms with van der Waals surface area (Å²) in [6.45, 7) is 0. The van der Waals surface area contributed by atoms with E-state index in [1.165, 1.54) is 42.4 Å². The van der Waals surface area contributed by atoms with E-state index < -0.39 is 0 Å². The first-order chi connectivity index (χ1) is 13.2. The first-order valence-electron chi connectivity index (χ1n) is 8.66. The van der Waals surface area contributed by atoms with Crippen LogP contribution in [0.4, 0.5) is 0 Å². The van der Waals surface area contributed by atoms with Crippen molar-refractivity contribution in [2.45, 2.75) is 0 Å². The largest absolute Gasteiger partial charge is 0.135 e. The van der Waals surface area contributed by atoms with E-state index in [0.29, 0.717) is 0 Å². The van der Waals surface area contributed by atoms with E-state index in [-0.39, 0.29) is 0 Å². The summed E-state index contributed by atoms with van der Waals surface area (Å²) in [6.07, 6.45) is 0. The van der Waals surface area contributed by atoms with Crippen molar-refractivity contribution in [3.63, 3.8) is 0 Å². The van der Waals surface area contributed by atoms with Gasteiger partial charge >= 0.3 is 0 Å². The van der Waals surface area contributed by atoms with E-state index in [9.17, 15) is 0 Å². The Kier molecular flexibility index (Phi) is 4.39. The molecule has 1 aromatic heterocycles. The first-order valence-corrected chi connectivity index (χ1v) is 11.1. The molecule has 3 heteroatoms. The maximum absolute atomic E-state index is 3.60. The molecule has 0 saturated carbocycles. The molecule has 0 atom stereocenters. The second-order valence-electron chi connectivity index (χ2n) is 6.52. The highest BCUT2D eigenvalue weighted by Crippen LogP contribution is 2.40. The molecule has 130 valence electrons. The molecule has 0 N–H and O–H groups in total. The highest BCUT2D eigenvalue weighted by atomic mass is 79.9. The van der Waals surface area contributed by atoms with Crippen molar-refractivity contribution in [2.75, 3.05) is 0 Å². The summed E-state index contributed by atoms with van der Waals surface area (Å²) in [5, 5.41) is 2.68. The molecule has 5 rings (SSSR count). The third-order valence-corrected chi connectivity index (χ3v) is 6.91. The first kappa shape index (κ1) is 17.2. The highest BCUT2D eigenvalue weighted by Gasteiger charge is 2.11. The molecule has 0 nitrogen and oxygen atoms in total. The van der Waals surface area contributed by atoms with Crippen LogP contribution >= 0.6 is 43.2 Å². The van der Waals surface area contributed by atoms with Gasteiger partial charge in [-0.2, -0.15) is 0 Å². The van der Waals surface area contributed by atoms with E-state index in [2.05, 4.69) is 117 Å². The van der Waals surface area contributed by atoms with E-state index >= 15 is 0 Å². The summed E-state index contributed by atoms with van der Waals surface area (Å²) in [4.78, 5) is 0. The molecular weight excluding hydrogens is 480 g/mol. The van der Waals surface area contributed by atoms with Gasteiger partial charge in [0.1, 0.15) is 0 Å². The van der Waals surface area contributed by atoms with Crippen LogP contribution in [0.5, 0.6) is 0 Å². The van der Waals surface area contributed by atoms with Crippen LogP contribution in [0.3, 0.4) is 0 Å². The molecular formula is C24H14Br2S. The van der Waals surface area contributed by atoms with Crippen LogP contribution in [0.1, 0.15) is 0 Å². The predicted molar refractivity (Wildman–Crippen MR) is 126 cm³/mol. The quantitative estimate of drug-likeness (QED) is 0.230. The minimum Gasteiger partial charge on any atom is -0.135 e. The Hall–Kier alpha value is -1.94. The number of rotatable bonds is 2. The van der Waals surface area contributed by atoms with Gasteiger partial charge in [0, 0.05) is 29.1 Å². The number of hydrogen-bond acceptors (Lipinski definition) is 1. The Morgan fingerprint density at radius 2 is 1.26 bits per heavy atom. The summed E-state index contributed by atoms with van der Waals surface area (Å²) in [5.74, 6) is 0. The van der Waals surface area contributed by atoms with Gasteiger partial charge < -0.3 is 0 Å². The molecule has 0 bridgehead atoms. The van der Waals surface area contributed by atoms with Crippen LogP contribution in [0.15, 0.2) is 93.9 Å². The van der Waals surface area contributed by atoms with Crippen molar-refractivity contribution in [3.8, 4) is 22.3 Å². The molecule has 4 aromatic carbocycles. The van der Waals surface area contributed by atoms with Crippen LogP contribution in [-0.4, -0.2) is 0 Å². The van der Waals surface area contributed by atoms with Gasteiger partial charge in [0.15, 0.2) is 0 Å². The fourth-order valence-electron chi connectivity index (χ4n) is 3.56. The maximum Gasteiger partial charge on any atom is 0.0433 e. The Balaban J connectivity index is 1.71. The lowest BCUT2D eigenvalue weighted by atomic mass is 9.98. The van der Waals surface area contributed by atoms with Crippen LogP contribution in [0, 0.1) is 0 Å². The van der Waals surface area contributed by atoms with Gasteiger partial charge in [-0.15, -0.1) is 11.3 Å². The molecule has 0 amide bonds. The minimum absolute atomic E-state index is 1.07. The van der Waals surface area contributed by atoms with Gasteiger partial charge in [-0.05, 0) is 52.6 Å². The van der Waals surface area contributed by atoms with Gasteiger partial charge in [-0.1, -0.05) is 86.5 Å². The predicted octanol–water partition coefficient (Wildman–Crippen LogP) is 8.91. The van der Waals surface area contributed by atoms with Crippen LogP contribution < -0.4 is 0 Å². The Morgan fingerprint density at radius 1 is 0.556 bits per heavy atom. The van der Waals surface area contributed by atoms with Crippen molar-refractivity contribution in [1.29, 1.82) is 0 Å². The summed E-state index contributed by atoms with van der Waals surface area (Å²) in [5.41, 5.74) is 4.96. The zero-order valence-electron chi connectivity index (χ0n) is 14.2. The lowest BCUT2D eigenvalue weighted by Crippen LogP contribution is -1.83. The molecule has 1 heterocycles. The molecule has 0 aliphatic heterocycles. The monoisotopic (exact) mass is 492 g/mol. The molecule has 0 aliphatic carbocycles. The van der Waals surface area contributed by atoms with Crippen molar-refractivity contribution >= 4 is 63.4 Å². The van der Waals surface area contributed by atoms with Crippen molar-refractivity contribution in [2.24, 2.45) is 0 Å². The number of fused-ring (bicyclic) bond motifs is 3. The summed E-state index contributed by atoms with van der Waals surface area (Å²) in [7, 11) is 0. The normalized spacial score (nSPS) is 11.3. The Bertz CT molecular complexity index is 1280. The zero-order valence-corrected chi connectivity index (χ0v) is 18.2. The minimum atomic E-state index is 1.07. The van der Waals surface area contributed by atoms with E-state index in [0.717, 1.165) is 8.95 Å². The Labute approximate surface area is 178 Å². The topological polar surface area (TPSA) is 0 Å². The number of hydrogen-bond donors (Lipinski definition) is 0. The number of halogens is 2. The zero-order chi connectivity index (χ0) is 18.4. The summed E-state index contributed by atoms with van der Waals surface area (Å²) >= 11 is 9.07. The fraction of sp³-hybridized carbons (Fsp3) is 0. The number of benzene rings is 4. The average molecular weight is 494 g/mol. The van der Waals surface area contributed by atoms with Crippen LogP contribution in [0.25, 0.3) is 42.4 Å². The molecule has 0 fully saturated rings. The third-order valence-electron chi connectivity index (χ3n) is 4.77. The smallest absolute Gasteiger partial charge is 0.0433 e. The maximum atomic E-state index is 3.60. The molecule has 0 unspecified atom stereocenters. The van der Waals surface area contributed by atoms with Crippen LogP contribution in [-0.2, 0) is 0 Å². The average Bonchev–Trinajstić information content (AvgIpc) is 3.06. The van der Waals surface area contributed by atoms with E-state index in [4.69, 9.17) is 0 Å². The molecule has 0 spiro atoms. The van der Waals surface area contributed by atoms with Gasteiger partial charge in [0.2, 0.25) is 0 Å². The third kappa shape index (κ3) is 3.14. The second kappa shape index (κ2) is 6.90. The Morgan fingerprint density at radius 3 is 2.11 bits per heavy atom. The van der Waals surface area contributed by atoms with E-state index in [1.807, 2.05) is 11.3 Å². The molecule has 0 aliphatic rings. The van der Waals surface area contributed by atoms with Crippen molar-refractivity contribution in [1.82, 2.24) is 0 Å². The van der Waals surface area contributed by atoms with Gasteiger partial charge in [0.05, 0.1) is 0 Å². The summed E-state index contributed by atoms with van der Waals surface area (Å²) in [6, 6.07) is 30.5. The van der Waals surface area contributed by atoms with Gasteiger partial charge in [-0.3, -0.25) is 0 Å². The van der Waals surface area contributed by atoms with Gasteiger partial charge in [0.25, 0.3) is 0 Å². The summed E-state index contributed by atoms with van der Waals surface area (Å²) < 4.78 is 4.84. The lowest BCUT2D eigenvalue weighted by molar-refractivity contribution is 1.56. The molecule has 0 radical (unpaired) electrons. The molecule has 0 saturated heterocycles. The fourth-order valence-corrected chi connectivity index (χ4v) is 6.09. The molecule has 5 aromatic rings. The lowest BCUT2D eigenvalue weighted by Gasteiger charge is -2.08. The van der Waals surface area contributed by atoms with Crippen molar-refractivity contribution < 1.29 is 0 Å². The SMILES string of the molecule is Brc1cc(Br)cc(-c2cccc(-c3cccc4c3sc3ccccc34)c2)c1.